The molecule has 0 amide bonds. The first-order valence-corrected chi connectivity index (χ1v) is 6.65. The average molecular weight is 240 g/mol. The van der Waals surface area contributed by atoms with E-state index >= 15 is 0 Å². The van der Waals surface area contributed by atoms with Crippen LogP contribution in [0.5, 0.6) is 0 Å². The van der Waals surface area contributed by atoms with Gasteiger partial charge in [-0.1, -0.05) is 12.1 Å². The Bertz CT molecular complexity index is 361. The van der Waals surface area contributed by atoms with Gasteiger partial charge in [0.1, 0.15) is 0 Å². The van der Waals surface area contributed by atoms with Gasteiger partial charge in [0, 0.05) is 31.9 Å². The van der Waals surface area contributed by atoms with Gasteiger partial charge < -0.3 is 14.8 Å². The molecule has 2 N–H and O–H groups in total. The maximum absolute atomic E-state index is 10.6. The molecule has 0 radical (unpaired) electrons. The molecule has 0 bridgehead atoms. The number of rotatable bonds is 3. The second kappa shape index (κ2) is 5.43. The fourth-order valence-electron chi connectivity index (χ4n) is 1.87. The molecular weight excluding hydrogens is 224 g/mol. The van der Waals surface area contributed by atoms with E-state index in [0.717, 1.165) is 31.7 Å². The maximum atomic E-state index is 10.6. The van der Waals surface area contributed by atoms with Crippen molar-refractivity contribution in [3.05, 3.63) is 29.8 Å². The summed E-state index contributed by atoms with van der Waals surface area (Å²) in [6.07, 6.45) is 0. The van der Waals surface area contributed by atoms with Gasteiger partial charge in [-0.05, 0) is 17.7 Å². The van der Waals surface area contributed by atoms with E-state index in [1.54, 1.807) is 0 Å². The molecule has 1 aliphatic heterocycles. The molecule has 0 spiro atoms. The van der Waals surface area contributed by atoms with Crippen molar-refractivity contribution in [3.8, 4) is 0 Å². The van der Waals surface area contributed by atoms with Gasteiger partial charge in [0.05, 0.1) is 5.75 Å². The van der Waals surface area contributed by atoms with Crippen LogP contribution in [0.25, 0.3) is 0 Å². The lowest BCUT2D eigenvalue weighted by Gasteiger charge is -2.29. The zero-order valence-electron chi connectivity index (χ0n) is 9.06. The monoisotopic (exact) mass is 240 g/mol. The highest BCUT2D eigenvalue weighted by atomic mass is 32.2. The minimum Gasteiger partial charge on any atom is -0.369 e. The summed E-state index contributed by atoms with van der Waals surface area (Å²) in [6.45, 7) is 4.07. The van der Waals surface area contributed by atoms with Crippen molar-refractivity contribution in [2.45, 2.75) is 5.75 Å². The largest absolute Gasteiger partial charge is 0.369 e. The van der Waals surface area contributed by atoms with Gasteiger partial charge in [-0.2, -0.15) is 0 Å². The van der Waals surface area contributed by atoms with E-state index in [4.69, 9.17) is 4.55 Å². The molecule has 5 heteroatoms. The Balaban J connectivity index is 2.03. The van der Waals surface area contributed by atoms with Crippen LogP contribution in [0.4, 0.5) is 5.69 Å². The molecule has 0 saturated carbocycles. The van der Waals surface area contributed by atoms with Gasteiger partial charge in [-0.15, -0.1) is 0 Å². The minimum atomic E-state index is -1.75. The van der Waals surface area contributed by atoms with Crippen molar-refractivity contribution < 1.29 is 8.76 Å². The van der Waals surface area contributed by atoms with E-state index in [1.807, 2.05) is 24.3 Å². The Labute approximate surface area is 97.9 Å². The van der Waals surface area contributed by atoms with E-state index < -0.39 is 11.1 Å². The molecule has 0 aliphatic carbocycles. The van der Waals surface area contributed by atoms with Crippen LogP contribution in [0, 0.1) is 0 Å². The zero-order valence-corrected chi connectivity index (χ0v) is 9.87. The Morgan fingerprint density at radius 3 is 2.44 bits per heavy atom. The summed E-state index contributed by atoms with van der Waals surface area (Å²) >= 11 is -1.75. The van der Waals surface area contributed by atoms with Crippen molar-refractivity contribution in [1.29, 1.82) is 0 Å². The number of benzene rings is 1. The van der Waals surface area contributed by atoms with E-state index in [-0.39, 0.29) is 5.75 Å². The van der Waals surface area contributed by atoms with E-state index in [0.29, 0.717) is 0 Å². The van der Waals surface area contributed by atoms with Crippen LogP contribution < -0.4 is 10.2 Å². The number of nitrogens with zero attached hydrogens (tertiary/aromatic N) is 1. The summed E-state index contributed by atoms with van der Waals surface area (Å²) in [5, 5.41) is 3.31. The molecule has 1 aliphatic rings. The third kappa shape index (κ3) is 3.04. The van der Waals surface area contributed by atoms with Crippen molar-refractivity contribution in [3.63, 3.8) is 0 Å². The van der Waals surface area contributed by atoms with Crippen LogP contribution in [0.3, 0.4) is 0 Å². The number of hydrogen-bond donors (Lipinski definition) is 2. The Kier molecular flexibility index (Phi) is 3.93. The molecule has 1 unspecified atom stereocenters. The molecule has 88 valence electrons. The summed E-state index contributed by atoms with van der Waals surface area (Å²) in [5.74, 6) is 0.210. The van der Waals surface area contributed by atoms with Crippen molar-refractivity contribution in [2.24, 2.45) is 0 Å². The second-order valence-electron chi connectivity index (χ2n) is 3.87. The smallest absolute Gasteiger partial charge is 0.157 e. The standard InChI is InChI=1S/C11H16N2O2S/c14-16(15)9-10-1-3-11(4-2-10)13-7-5-12-6-8-13/h1-4,12H,5-9H2,(H,14,15). The van der Waals surface area contributed by atoms with E-state index in [9.17, 15) is 4.21 Å². The fourth-order valence-corrected chi connectivity index (χ4v) is 2.35. The van der Waals surface area contributed by atoms with Crippen LogP contribution in [0.2, 0.25) is 0 Å². The molecule has 2 rings (SSSR count). The number of piperazine rings is 1. The topological polar surface area (TPSA) is 52.6 Å². The van der Waals surface area contributed by atoms with Gasteiger partial charge >= 0.3 is 0 Å². The van der Waals surface area contributed by atoms with Crippen LogP contribution in [-0.2, 0) is 16.8 Å². The predicted octanol–water partition coefficient (Wildman–Crippen LogP) is 0.818. The molecule has 1 fully saturated rings. The molecule has 1 heterocycles. The number of nitrogens with one attached hydrogen (secondary N) is 1. The molecule has 1 aromatic carbocycles. The van der Waals surface area contributed by atoms with Gasteiger partial charge in [0.2, 0.25) is 0 Å². The highest BCUT2D eigenvalue weighted by molar-refractivity contribution is 7.78. The first-order chi connectivity index (χ1) is 7.75. The van der Waals surface area contributed by atoms with Crippen LogP contribution in [0.15, 0.2) is 24.3 Å². The quantitative estimate of drug-likeness (QED) is 0.768. The van der Waals surface area contributed by atoms with Gasteiger partial charge in [0.15, 0.2) is 11.1 Å². The van der Waals surface area contributed by atoms with Crippen molar-refractivity contribution in [1.82, 2.24) is 5.32 Å². The summed E-state index contributed by atoms with van der Waals surface area (Å²) in [4.78, 5) is 2.32. The second-order valence-corrected chi connectivity index (χ2v) is 4.80. The fraction of sp³-hybridized carbons (Fsp3) is 0.455. The molecule has 0 aromatic heterocycles. The molecule has 16 heavy (non-hydrogen) atoms. The molecule has 4 nitrogen and oxygen atoms in total. The number of hydrogen-bond acceptors (Lipinski definition) is 3. The lowest BCUT2D eigenvalue weighted by atomic mass is 10.2. The van der Waals surface area contributed by atoms with E-state index in [2.05, 4.69) is 10.2 Å². The lowest BCUT2D eigenvalue weighted by Crippen LogP contribution is -2.43. The van der Waals surface area contributed by atoms with Gasteiger partial charge in [-0.3, -0.25) is 0 Å². The van der Waals surface area contributed by atoms with Crippen molar-refractivity contribution >= 4 is 16.8 Å². The SMILES string of the molecule is O=S(O)Cc1ccc(N2CCNCC2)cc1. The van der Waals surface area contributed by atoms with E-state index in [1.165, 1.54) is 5.69 Å². The van der Waals surface area contributed by atoms with Crippen LogP contribution in [0.1, 0.15) is 5.56 Å². The van der Waals surface area contributed by atoms with Crippen molar-refractivity contribution in [2.75, 3.05) is 31.1 Å². The summed E-state index contributed by atoms with van der Waals surface area (Å²) in [5.41, 5.74) is 2.09. The van der Waals surface area contributed by atoms with Gasteiger partial charge in [-0.25, -0.2) is 4.21 Å². The molecule has 1 atom stereocenters. The highest BCUT2D eigenvalue weighted by Gasteiger charge is 2.09. The molecule has 1 saturated heterocycles. The molecular formula is C11H16N2O2S. The summed E-state index contributed by atoms with van der Waals surface area (Å²) in [6, 6.07) is 7.89. The minimum absolute atomic E-state index is 0.210. The average Bonchev–Trinajstić information content (AvgIpc) is 2.30. The lowest BCUT2D eigenvalue weighted by molar-refractivity contribution is 0.563. The first-order valence-electron chi connectivity index (χ1n) is 5.38. The Morgan fingerprint density at radius 1 is 1.25 bits per heavy atom. The van der Waals surface area contributed by atoms with Crippen LogP contribution in [-0.4, -0.2) is 34.9 Å². The first kappa shape index (κ1) is 11.6. The zero-order chi connectivity index (χ0) is 11.4. The Morgan fingerprint density at radius 2 is 1.88 bits per heavy atom. The van der Waals surface area contributed by atoms with Crippen LogP contribution >= 0.6 is 0 Å². The maximum Gasteiger partial charge on any atom is 0.157 e. The third-order valence-corrected chi connectivity index (χ3v) is 3.29. The Hall–Kier alpha value is -0.910. The molecule has 1 aromatic rings. The summed E-state index contributed by atoms with van der Waals surface area (Å²) in [7, 11) is 0. The highest BCUT2D eigenvalue weighted by Crippen LogP contribution is 2.16. The summed E-state index contributed by atoms with van der Waals surface area (Å²) < 4.78 is 19.4. The normalized spacial score (nSPS) is 18.4. The third-order valence-electron chi connectivity index (χ3n) is 2.71. The predicted molar refractivity (Wildman–Crippen MR) is 66.0 cm³/mol. The number of anilines is 1. The van der Waals surface area contributed by atoms with Gasteiger partial charge in [0.25, 0.3) is 0 Å².